The number of piperidine rings is 1. The maximum Gasteiger partial charge on any atom is 0.118 e. The fourth-order valence-corrected chi connectivity index (χ4v) is 3.16. The molecule has 0 amide bonds. The molecule has 0 spiro atoms. The summed E-state index contributed by atoms with van der Waals surface area (Å²) in [5.74, 6) is 2.07. The van der Waals surface area contributed by atoms with Gasteiger partial charge in [0.2, 0.25) is 0 Å². The molecule has 2 aromatic rings. The zero-order chi connectivity index (χ0) is 13.8. The van der Waals surface area contributed by atoms with Crippen LogP contribution in [-0.2, 0) is 0 Å². The lowest BCUT2D eigenvalue weighted by molar-refractivity contribution is 0.401. The van der Waals surface area contributed by atoms with Crippen LogP contribution in [0, 0.1) is 0 Å². The highest BCUT2D eigenvalue weighted by Crippen LogP contribution is 2.37. The summed E-state index contributed by atoms with van der Waals surface area (Å²) >= 11 is 0. The predicted molar refractivity (Wildman–Crippen MR) is 82.4 cm³/mol. The Kier molecular flexibility index (Phi) is 4.03. The third-order valence-electron chi connectivity index (χ3n) is 4.25. The van der Waals surface area contributed by atoms with Gasteiger partial charge in [-0.1, -0.05) is 42.5 Å². The van der Waals surface area contributed by atoms with Crippen molar-refractivity contribution in [3.63, 3.8) is 0 Å². The Morgan fingerprint density at radius 2 is 1.60 bits per heavy atom. The molecule has 1 heterocycles. The second-order valence-corrected chi connectivity index (χ2v) is 5.39. The first-order chi connectivity index (χ1) is 9.88. The molecule has 1 fully saturated rings. The van der Waals surface area contributed by atoms with E-state index in [1.807, 2.05) is 0 Å². The lowest BCUT2D eigenvalue weighted by Gasteiger charge is -2.33. The first kappa shape index (κ1) is 13.2. The highest BCUT2D eigenvalue weighted by molar-refractivity contribution is 5.33. The van der Waals surface area contributed by atoms with Crippen LogP contribution in [0.4, 0.5) is 0 Å². The van der Waals surface area contributed by atoms with Crippen molar-refractivity contribution in [3.8, 4) is 5.75 Å². The summed E-state index contributed by atoms with van der Waals surface area (Å²) in [4.78, 5) is 0. The zero-order valence-corrected chi connectivity index (χ0v) is 11.9. The van der Waals surface area contributed by atoms with E-state index >= 15 is 0 Å². The Morgan fingerprint density at radius 3 is 2.30 bits per heavy atom. The highest BCUT2D eigenvalue weighted by Gasteiger charge is 2.27. The molecule has 0 aromatic heterocycles. The normalized spacial score (nSPS) is 22.4. The summed E-state index contributed by atoms with van der Waals surface area (Å²) in [6.07, 6.45) is 1.19. The van der Waals surface area contributed by atoms with Crippen molar-refractivity contribution in [1.82, 2.24) is 5.32 Å². The molecular formula is C18H21NO. The van der Waals surface area contributed by atoms with Crippen LogP contribution in [-0.4, -0.2) is 20.2 Å². The lowest BCUT2D eigenvalue weighted by Crippen LogP contribution is -2.33. The Bertz CT molecular complexity index is 535. The molecule has 3 rings (SSSR count). The van der Waals surface area contributed by atoms with Crippen LogP contribution in [0.5, 0.6) is 5.75 Å². The van der Waals surface area contributed by atoms with Crippen LogP contribution in [0.1, 0.15) is 29.4 Å². The minimum Gasteiger partial charge on any atom is -0.497 e. The largest absolute Gasteiger partial charge is 0.497 e. The monoisotopic (exact) mass is 267 g/mol. The maximum absolute atomic E-state index is 5.26. The number of ether oxygens (including phenoxy) is 1. The number of hydrogen-bond acceptors (Lipinski definition) is 2. The van der Waals surface area contributed by atoms with Crippen LogP contribution in [0.3, 0.4) is 0 Å². The zero-order valence-electron chi connectivity index (χ0n) is 11.9. The van der Waals surface area contributed by atoms with Crippen molar-refractivity contribution in [3.05, 3.63) is 65.7 Å². The fraction of sp³-hybridized carbons (Fsp3) is 0.333. The molecule has 2 heteroatoms. The van der Waals surface area contributed by atoms with Gasteiger partial charge >= 0.3 is 0 Å². The second-order valence-electron chi connectivity index (χ2n) is 5.39. The highest BCUT2D eigenvalue weighted by atomic mass is 16.5. The first-order valence-corrected chi connectivity index (χ1v) is 7.28. The van der Waals surface area contributed by atoms with Gasteiger partial charge in [0.15, 0.2) is 0 Å². The topological polar surface area (TPSA) is 21.3 Å². The predicted octanol–water partition coefficient (Wildman–Crippen LogP) is 3.56. The Labute approximate surface area is 120 Å². The van der Waals surface area contributed by atoms with E-state index in [1.54, 1.807) is 7.11 Å². The summed E-state index contributed by atoms with van der Waals surface area (Å²) in [6.45, 7) is 2.15. The number of hydrogen-bond donors (Lipinski definition) is 1. The van der Waals surface area contributed by atoms with Crippen molar-refractivity contribution in [2.24, 2.45) is 0 Å². The summed E-state index contributed by atoms with van der Waals surface area (Å²) in [6, 6.07) is 19.4. The minimum absolute atomic E-state index is 0.554. The molecule has 0 radical (unpaired) electrons. The molecule has 0 bridgehead atoms. The van der Waals surface area contributed by atoms with Gasteiger partial charge in [0, 0.05) is 12.5 Å². The Balaban J connectivity index is 1.88. The molecule has 1 saturated heterocycles. The van der Waals surface area contributed by atoms with E-state index in [0.29, 0.717) is 11.8 Å². The standard InChI is InChI=1S/C18H21NO/c1-20-16-9-7-15(8-10-16)17-11-12-19-13-18(17)14-5-3-2-4-6-14/h2-10,17-19H,11-13H2,1H3/t17-,18+/m1/s1. The molecule has 0 saturated carbocycles. The minimum atomic E-state index is 0.554. The van der Waals surface area contributed by atoms with Gasteiger partial charge in [-0.25, -0.2) is 0 Å². The summed E-state index contributed by atoms with van der Waals surface area (Å²) < 4.78 is 5.26. The smallest absolute Gasteiger partial charge is 0.118 e. The summed E-state index contributed by atoms with van der Waals surface area (Å²) in [7, 11) is 1.71. The third-order valence-corrected chi connectivity index (χ3v) is 4.25. The molecule has 0 aliphatic carbocycles. The van der Waals surface area contributed by atoms with E-state index < -0.39 is 0 Å². The van der Waals surface area contributed by atoms with Crippen LogP contribution < -0.4 is 10.1 Å². The molecule has 2 nitrogen and oxygen atoms in total. The van der Waals surface area contributed by atoms with Crippen LogP contribution in [0.2, 0.25) is 0 Å². The molecule has 2 atom stereocenters. The number of nitrogens with one attached hydrogen (secondary N) is 1. The molecule has 1 N–H and O–H groups in total. The average molecular weight is 267 g/mol. The van der Waals surface area contributed by atoms with Crippen molar-refractivity contribution in [1.29, 1.82) is 0 Å². The lowest BCUT2D eigenvalue weighted by atomic mass is 9.77. The van der Waals surface area contributed by atoms with Crippen LogP contribution >= 0.6 is 0 Å². The number of methoxy groups -OCH3 is 1. The van der Waals surface area contributed by atoms with Gasteiger partial charge < -0.3 is 10.1 Å². The van der Waals surface area contributed by atoms with Crippen LogP contribution in [0.15, 0.2) is 54.6 Å². The maximum atomic E-state index is 5.26. The van der Waals surface area contributed by atoms with Gasteiger partial charge in [-0.05, 0) is 42.1 Å². The van der Waals surface area contributed by atoms with Gasteiger partial charge in [-0.15, -0.1) is 0 Å². The second kappa shape index (κ2) is 6.10. The fourth-order valence-electron chi connectivity index (χ4n) is 3.16. The number of benzene rings is 2. The Morgan fingerprint density at radius 1 is 0.900 bits per heavy atom. The van der Waals surface area contributed by atoms with Crippen LogP contribution in [0.25, 0.3) is 0 Å². The van der Waals surface area contributed by atoms with E-state index in [-0.39, 0.29) is 0 Å². The molecule has 1 aliphatic heterocycles. The van der Waals surface area contributed by atoms with Gasteiger partial charge in [-0.2, -0.15) is 0 Å². The first-order valence-electron chi connectivity index (χ1n) is 7.28. The van der Waals surface area contributed by atoms with Crippen molar-refractivity contribution in [2.45, 2.75) is 18.3 Å². The average Bonchev–Trinajstić information content (AvgIpc) is 2.56. The number of rotatable bonds is 3. The van der Waals surface area contributed by atoms with Gasteiger partial charge in [0.1, 0.15) is 5.75 Å². The molecule has 104 valence electrons. The summed E-state index contributed by atoms with van der Waals surface area (Å²) in [5.41, 5.74) is 2.85. The molecule has 2 aromatic carbocycles. The molecule has 20 heavy (non-hydrogen) atoms. The van der Waals surface area contributed by atoms with E-state index in [4.69, 9.17) is 4.74 Å². The third kappa shape index (κ3) is 2.70. The molecular weight excluding hydrogens is 246 g/mol. The van der Waals surface area contributed by atoms with E-state index in [9.17, 15) is 0 Å². The van der Waals surface area contributed by atoms with Crippen molar-refractivity contribution < 1.29 is 4.74 Å². The Hall–Kier alpha value is -1.80. The van der Waals surface area contributed by atoms with E-state index in [0.717, 1.165) is 18.8 Å². The van der Waals surface area contributed by atoms with Gasteiger partial charge in [0.05, 0.1) is 7.11 Å². The van der Waals surface area contributed by atoms with E-state index in [2.05, 4.69) is 59.9 Å². The van der Waals surface area contributed by atoms with Crippen molar-refractivity contribution >= 4 is 0 Å². The van der Waals surface area contributed by atoms with Gasteiger partial charge in [0.25, 0.3) is 0 Å². The molecule has 0 unspecified atom stereocenters. The quantitative estimate of drug-likeness (QED) is 0.918. The summed E-state index contributed by atoms with van der Waals surface area (Å²) in [5, 5.41) is 3.53. The SMILES string of the molecule is COc1ccc([C@H]2CCNC[C@H]2c2ccccc2)cc1. The van der Waals surface area contributed by atoms with Gasteiger partial charge in [-0.3, -0.25) is 0 Å². The van der Waals surface area contributed by atoms with E-state index in [1.165, 1.54) is 17.5 Å². The van der Waals surface area contributed by atoms with Crippen molar-refractivity contribution in [2.75, 3.05) is 20.2 Å². The molecule has 1 aliphatic rings.